The van der Waals surface area contributed by atoms with Crippen LogP contribution in [0.2, 0.25) is 0 Å². The highest BCUT2D eigenvalue weighted by Crippen LogP contribution is 2.41. The van der Waals surface area contributed by atoms with E-state index in [-0.39, 0.29) is 29.7 Å². The van der Waals surface area contributed by atoms with E-state index >= 15 is 0 Å². The molecule has 0 aromatic carbocycles. The summed E-state index contributed by atoms with van der Waals surface area (Å²) in [6.45, 7) is 3.81. The average Bonchev–Trinajstić information content (AvgIpc) is 2.26. The number of halogens is 3. The largest absolute Gasteiger partial charge is 0.336 e. The molecule has 1 aliphatic rings. The smallest absolute Gasteiger partial charge is 0.255 e. The van der Waals surface area contributed by atoms with Gasteiger partial charge in [0.25, 0.3) is 6.43 Å². The third-order valence-electron chi connectivity index (χ3n) is 3.83. The summed E-state index contributed by atoms with van der Waals surface area (Å²) in [5, 5.41) is 0. The highest BCUT2D eigenvalue weighted by Gasteiger charge is 2.39. The summed E-state index contributed by atoms with van der Waals surface area (Å²) in [4.78, 5) is 13.6. The molecule has 5 heteroatoms. The lowest BCUT2D eigenvalue weighted by Crippen LogP contribution is -2.46. The minimum Gasteiger partial charge on any atom is -0.336 e. The number of hydrogen-bond donors (Lipinski definition) is 0. The lowest BCUT2D eigenvalue weighted by atomic mass is 9.68. The van der Waals surface area contributed by atoms with E-state index in [2.05, 4.69) is 13.8 Å². The topological polar surface area (TPSA) is 20.3 Å². The molecule has 1 saturated carbocycles. The minimum atomic E-state index is -2.50. The molecule has 0 spiro atoms. The van der Waals surface area contributed by atoms with Crippen LogP contribution in [-0.4, -0.2) is 36.2 Å². The molecule has 2 nitrogen and oxygen atoms in total. The zero-order valence-electron chi connectivity index (χ0n) is 11.1. The molecular weight excluding hydrogens is 260 g/mol. The van der Waals surface area contributed by atoms with Crippen LogP contribution in [0.4, 0.5) is 8.78 Å². The third-order valence-corrected chi connectivity index (χ3v) is 4.00. The molecule has 0 aliphatic heterocycles. The molecule has 0 aromatic rings. The first kappa shape index (κ1) is 15.7. The van der Waals surface area contributed by atoms with E-state index in [0.717, 1.165) is 25.7 Å². The van der Waals surface area contributed by atoms with E-state index in [1.165, 1.54) is 4.90 Å². The van der Waals surface area contributed by atoms with Crippen LogP contribution in [0.3, 0.4) is 0 Å². The van der Waals surface area contributed by atoms with Crippen LogP contribution in [0.25, 0.3) is 0 Å². The number of nitrogens with zero attached hydrogens (tertiary/aromatic N) is 1. The molecule has 0 N–H and O–H groups in total. The maximum absolute atomic E-state index is 12.5. The van der Waals surface area contributed by atoms with Crippen molar-refractivity contribution in [2.75, 3.05) is 19.0 Å². The lowest BCUT2D eigenvalue weighted by molar-refractivity contribution is -0.142. The van der Waals surface area contributed by atoms with Crippen molar-refractivity contribution < 1.29 is 13.6 Å². The van der Waals surface area contributed by atoms with Crippen molar-refractivity contribution in [2.24, 2.45) is 11.3 Å². The summed E-state index contributed by atoms with van der Waals surface area (Å²) in [7, 11) is 0. The molecule has 1 amide bonds. The summed E-state index contributed by atoms with van der Waals surface area (Å²) in [5.74, 6) is -0.0973. The molecule has 0 bridgehead atoms. The highest BCUT2D eigenvalue weighted by molar-refractivity contribution is 6.18. The molecule has 1 fully saturated rings. The van der Waals surface area contributed by atoms with Gasteiger partial charge in [0.2, 0.25) is 5.91 Å². The van der Waals surface area contributed by atoms with Gasteiger partial charge in [-0.15, -0.1) is 11.6 Å². The normalized spacial score (nSPS) is 23.1. The van der Waals surface area contributed by atoms with Crippen molar-refractivity contribution in [3.05, 3.63) is 0 Å². The summed E-state index contributed by atoms with van der Waals surface area (Å²) >= 11 is 5.60. The first-order valence-corrected chi connectivity index (χ1v) is 7.05. The van der Waals surface area contributed by atoms with Crippen LogP contribution >= 0.6 is 11.6 Å². The van der Waals surface area contributed by atoms with E-state index in [1.54, 1.807) is 0 Å². The van der Waals surface area contributed by atoms with Gasteiger partial charge in [-0.1, -0.05) is 26.7 Å². The second-order valence-electron chi connectivity index (χ2n) is 5.65. The number of carbonyl (C=O) groups excluding carboxylic acids is 1. The number of hydrogen-bond acceptors (Lipinski definition) is 1. The zero-order valence-corrected chi connectivity index (χ0v) is 11.8. The zero-order chi connectivity index (χ0) is 13.8. The molecule has 0 radical (unpaired) electrons. The molecule has 106 valence electrons. The quantitative estimate of drug-likeness (QED) is 0.706. The molecule has 1 aliphatic carbocycles. The van der Waals surface area contributed by atoms with Gasteiger partial charge < -0.3 is 4.90 Å². The minimum absolute atomic E-state index is 0.0952. The SMILES string of the molecule is CC1(C)CCCCC1C(=O)N(CCCl)CC(F)F. The highest BCUT2D eigenvalue weighted by atomic mass is 35.5. The Bertz CT molecular complexity index is 284. The molecule has 1 unspecified atom stereocenters. The van der Waals surface area contributed by atoms with E-state index in [4.69, 9.17) is 11.6 Å². The first-order chi connectivity index (χ1) is 8.38. The lowest BCUT2D eigenvalue weighted by Gasteiger charge is -2.40. The summed E-state index contributed by atoms with van der Waals surface area (Å²) < 4.78 is 25.0. The van der Waals surface area contributed by atoms with Crippen LogP contribution in [0, 0.1) is 11.3 Å². The van der Waals surface area contributed by atoms with E-state index in [1.807, 2.05) is 0 Å². The van der Waals surface area contributed by atoms with Gasteiger partial charge >= 0.3 is 0 Å². The van der Waals surface area contributed by atoms with Crippen molar-refractivity contribution in [1.82, 2.24) is 4.90 Å². The number of rotatable bonds is 5. The Kier molecular flexibility index (Phi) is 5.83. The van der Waals surface area contributed by atoms with Gasteiger partial charge in [0.1, 0.15) is 0 Å². The number of amides is 1. The van der Waals surface area contributed by atoms with Gasteiger partial charge in [0.05, 0.1) is 6.54 Å². The monoisotopic (exact) mass is 281 g/mol. The number of carbonyl (C=O) groups is 1. The summed E-state index contributed by atoms with van der Waals surface area (Å²) in [5.41, 5.74) is -0.0952. The Balaban J connectivity index is 2.74. The van der Waals surface area contributed by atoms with E-state index < -0.39 is 13.0 Å². The van der Waals surface area contributed by atoms with Crippen molar-refractivity contribution >= 4 is 17.5 Å². The Morgan fingerprint density at radius 1 is 1.44 bits per heavy atom. The molecule has 0 aromatic heterocycles. The Morgan fingerprint density at radius 3 is 2.61 bits per heavy atom. The van der Waals surface area contributed by atoms with Crippen LogP contribution in [0.5, 0.6) is 0 Å². The van der Waals surface area contributed by atoms with Crippen LogP contribution in [0.15, 0.2) is 0 Å². The standard InChI is InChI=1S/C13H22ClF2NO/c1-13(2)6-4-3-5-10(13)12(18)17(8-7-14)9-11(15)16/h10-11H,3-9H2,1-2H3. The van der Waals surface area contributed by atoms with Gasteiger partial charge in [-0.05, 0) is 18.3 Å². The fourth-order valence-corrected chi connectivity index (χ4v) is 2.94. The molecule has 1 rings (SSSR count). The van der Waals surface area contributed by atoms with E-state index in [9.17, 15) is 13.6 Å². The predicted molar refractivity (Wildman–Crippen MR) is 69.0 cm³/mol. The van der Waals surface area contributed by atoms with Gasteiger partial charge in [0, 0.05) is 18.3 Å². The van der Waals surface area contributed by atoms with Crippen molar-refractivity contribution in [3.63, 3.8) is 0 Å². The van der Waals surface area contributed by atoms with Crippen molar-refractivity contribution in [2.45, 2.75) is 46.0 Å². The van der Waals surface area contributed by atoms with Crippen molar-refractivity contribution in [1.29, 1.82) is 0 Å². The molecular formula is C13H22ClF2NO. The number of alkyl halides is 3. The Hall–Kier alpha value is -0.380. The fourth-order valence-electron chi connectivity index (χ4n) is 2.73. The second kappa shape index (κ2) is 6.69. The second-order valence-corrected chi connectivity index (χ2v) is 6.03. The molecule has 0 heterocycles. The predicted octanol–water partition coefficient (Wildman–Crippen LogP) is 3.54. The van der Waals surface area contributed by atoms with Gasteiger partial charge in [-0.2, -0.15) is 0 Å². The molecule has 1 atom stereocenters. The molecule has 18 heavy (non-hydrogen) atoms. The van der Waals surface area contributed by atoms with Crippen molar-refractivity contribution in [3.8, 4) is 0 Å². The fraction of sp³-hybridized carbons (Fsp3) is 0.923. The van der Waals surface area contributed by atoms with Crippen LogP contribution < -0.4 is 0 Å². The maximum atomic E-state index is 12.5. The average molecular weight is 282 g/mol. The van der Waals surface area contributed by atoms with Gasteiger partial charge in [-0.25, -0.2) is 8.78 Å². The summed E-state index contributed by atoms with van der Waals surface area (Å²) in [6.07, 6.45) is 1.40. The van der Waals surface area contributed by atoms with Gasteiger partial charge in [0.15, 0.2) is 0 Å². The summed E-state index contributed by atoms with van der Waals surface area (Å²) in [6, 6.07) is 0. The third kappa shape index (κ3) is 4.08. The Morgan fingerprint density at radius 2 is 2.11 bits per heavy atom. The van der Waals surface area contributed by atoms with E-state index in [0.29, 0.717) is 0 Å². The Labute approximate surface area is 113 Å². The maximum Gasteiger partial charge on any atom is 0.255 e. The first-order valence-electron chi connectivity index (χ1n) is 6.51. The van der Waals surface area contributed by atoms with Crippen LogP contribution in [-0.2, 0) is 4.79 Å². The van der Waals surface area contributed by atoms with Gasteiger partial charge in [-0.3, -0.25) is 4.79 Å². The molecule has 0 saturated heterocycles. The van der Waals surface area contributed by atoms with Crippen LogP contribution in [0.1, 0.15) is 39.5 Å².